The molecule has 1 aliphatic rings. The van der Waals surface area contributed by atoms with Gasteiger partial charge in [0.25, 0.3) is 0 Å². The molecule has 0 aromatic carbocycles. The summed E-state index contributed by atoms with van der Waals surface area (Å²) in [5, 5.41) is 11.6. The summed E-state index contributed by atoms with van der Waals surface area (Å²) in [6.45, 7) is 4.35. The number of nitrogens with zero attached hydrogens (tertiary/aromatic N) is 3. The molecular formula is C11H24N4O. The number of hydrogen-bond acceptors (Lipinski definition) is 4. The molecule has 94 valence electrons. The number of hydrogen-bond donors (Lipinski definition) is 2. The number of likely N-dealkylation sites (tertiary alicyclic amines) is 1. The zero-order valence-electron chi connectivity index (χ0n) is 10.6. The lowest BCUT2D eigenvalue weighted by molar-refractivity contribution is 0.164. The average molecular weight is 228 g/mol. The lowest BCUT2D eigenvalue weighted by Gasteiger charge is -2.32. The summed E-state index contributed by atoms with van der Waals surface area (Å²) in [6.07, 6.45) is 3.14. The number of rotatable bonds is 5. The molecule has 1 aliphatic heterocycles. The number of oxime groups is 1. The molecule has 1 heterocycles. The molecule has 0 radical (unpaired) electrons. The van der Waals surface area contributed by atoms with Crippen LogP contribution in [0.2, 0.25) is 0 Å². The van der Waals surface area contributed by atoms with Crippen LogP contribution in [0.3, 0.4) is 0 Å². The average Bonchev–Trinajstić information content (AvgIpc) is 2.64. The summed E-state index contributed by atoms with van der Waals surface area (Å²) in [4.78, 5) is 4.69. The second-order valence-electron chi connectivity index (χ2n) is 4.94. The van der Waals surface area contributed by atoms with Crippen molar-refractivity contribution in [2.45, 2.75) is 38.3 Å². The van der Waals surface area contributed by atoms with E-state index in [1.807, 2.05) is 0 Å². The lowest BCUT2D eigenvalue weighted by atomic mass is 10.1. The SMILES string of the molecule is CC(CC(N)=NO)N1CCCC1CN(C)C. The fourth-order valence-corrected chi connectivity index (χ4v) is 2.52. The summed E-state index contributed by atoms with van der Waals surface area (Å²) >= 11 is 0. The smallest absolute Gasteiger partial charge is 0.140 e. The van der Waals surface area contributed by atoms with Crippen LogP contribution in [0.15, 0.2) is 5.16 Å². The van der Waals surface area contributed by atoms with Crippen LogP contribution in [0.4, 0.5) is 0 Å². The molecule has 0 saturated carbocycles. The van der Waals surface area contributed by atoms with Crippen molar-refractivity contribution in [2.75, 3.05) is 27.2 Å². The van der Waals surface area contributed by atoms with Crippen molar-refractivity contribution in [1.29, 1.82) is 0 Å². The molecule has 0 bridgehead atoms. The fraction of sp³-hybridized carbons (Fsp3) is 0.909. The maximum Gasteiger partial charge on any atom is 0.140 e. The summed E-state index contributed by atoms with van der Waals surface area (Å²) in [7, 11) is 4.20. The highest BCUT2D eigenvalue weighted by molar-refractivity contribution is 5.80. The second-order valence-corrected chi connectivity index (χ2v) is 4.94. The summed E-state index contributed by atoms with van der Waals surface area (Å²) in [6, 6.07) is 0.958. The first-order valence-corrected chi connectivity index (χ1v) is 5.91. The van der Waals surface area contributed by atoms with Gasteiger partial charge in [0.2, 0.25) is 0 Å². The molecule has 0 aromatic rings. The van der Waals surface area contributed by atoms with Gasteiger partial charge in [-0.15, -0.1) is 0 Å². The van der Waals surface area contributed by atoms with E-state index in [1.54, 1.807) is 0 Å². The normalized spacial score (nSPS) is 25.2. The van der Waals surface area contributed by atoms with Gasteiger partial charge >= 0.3 is 0 Å². The molecule has 1 saturated heterocycles. The standard InChI is InChI=1S/C11H24N4O/c1-9(7-11(12)13-16)15-6-4-5-10(15)8-14(2)3/h9-10,16H,4-8H2,1-3H3,(H2,12,13). The van der Waals surface area contributed by atoms with Crippen LogP contribution in [-0.2, 0) is 0 Å². The molecule has 2 unspecified atom stereocenters. The number of nitrogens with two attached hydrogens (primary N) is 1. The Hall–Kier alpha value is -0.810. The van der Waals surface area contributed by atoms with Crippen molar-refractivity contribution in [3.8, 4) is 0 Å². The second kappa shape index (κ2) is 6.06. The monoisotopic (exact) mass is 228 g/mol. The van der Waals surface area contributed by atoms with Crippen LogP contribution in [0, 0.1) is 0 Å². The first-order valence-electron chi connectivity index (χ1n) is 5.91. The Morgan fingerprint density at radius 3 is 2.88 bits per heavy atom. The zero-order valence-corrected chi connectivity index (χ0v) is 10.6. The summed E-state index contributed by atoms with van der Waals surface area (Å²) in [5.74, 6) is 0.322. The molecule has 3 N–H and O–H groups in total. The Kier molecular flexibility index (Phi) is 5.02. The van der Waals surface area contributed by atoms with Crippen molar-refractivity contribution in [2.24, 2.45) is 10.9 Å². The van der Waals surface area contributed by atoms with Crippen molar-refractivity contribution >= 4 is 5.84 Å². The molecule has 16 heavy (non-hydrogen) atoms. The van der Waals surface area contributed by atoms with E-state index in [-0.39, 0.29) is 0 Å². The third-order valence-electron chi connectivity index (χ3n) is 3.20. The highest BCUT2D eigenvalue weighted by Gasteiger charge is 2.28. The predicted octanol–water partition coefficient (Wildman–Crippen LogP) is 0.537. The minimum Gasteiger partial charge on any atom is -0.409 e. The van der Waals surface area contributed by atoms with E-state index in [9.17, 15) is 0 Å². The Morgan fingerprint density at radius 2 is 2.31 bits per heavy atom. The maximum atomic E-state index is 8.57. The van der Waals surface area contributed by atoms with E-state index >= 15 is 0 Å². The van der Waals surface area contributed by atoms with E-state index in [0.717, 1.165) is 13.1 Å². The van der Waals surface area contributed by atoms with Crippen molar-refractivity contribution in [3.05, 3.63) is 0 Å². The van der Waals surface area contributed by atoms with Gasteiger partial charge in [-0.25, -0.2) is 0 Å². The Morgan fingerprint density at radius 1 is 1.62 bits per heavy atom. The molecular weight excluding hydrogens is 204 g/mol. The highest BCUT2D eigenvalue weighted by atomic mass is 16.4. The Bertz CT molecular complexity index is 242. The lowest BCUT2D eigenvalue weighted by Crippen LogP contribution is -2.44. The van der Waals surface area contributed by atoms with Gasteiger partial charge in [-0.05, 0) is 40.4 Å². The van der Waals surface area contributed by atoms with E-state index in [1.165, 1.54) is 12.8 Å². The van der Waals surface area contributed by atoms with Crippen molar-refractivity contribution in [3.63, 3.8) is 0 Å². The third-order valence-corrected chi connectivity index (χ3v) is 3.20. The molecule has 5 heteroatoms. The topological polar surface area (TPSA) is 65.1 Å². The van der Waals surface area contributed by atoms with Crippen LogP contribution < -0.4 is 5.73 Å². The molecule has 1 fully saturated rings. The van der Waals surface area contributed by atoms with Gasteiger partial charge in [-0.1, -0.05) is 5.16 Å². The molecule has 1 rings (SSSR count). The number of amidine groups is 1. The van der Waals surface area contributed by atoms with E-state index in [0.29, 0.717) is 24.3 Å². The largest absolute Gasteiger partial charge is 0.409 e. The predicted molar refractivity (Wildman–Crippen MR) is 65.8 cm³/mol. The zero-order chi connectivity index (χ0) is 12.1. The maximum absolute atomic E-state index is 8.57. The molecule has 2 atom stereocenters. The van der Waals surface area contributed by atoms with Gasteiger partial charge in [0.05, 0.1) is 0 Å². The Balaban J connectivity index is 2.50. The van der Waals surface area contributed by atoms with Gasteiger partial charge in [0.1, 0.15) is 5.84 Å². The molecule has 0 aromatic heterocycles. The number of likely N-dealkylation sites (N-methyl/N-ethyl adjacent to an activating group) is 1. The summed E-state index contributed by atoms with van der Waals surface area (Å²) < 4.78 is 0. The van der Waals surface area contributed by atoms with E-state index < -0.39 is 0 Å². The molecule has 0 spiro atoms. The van der Waals surface area contributed by atoms with Crippen LogP contribution in [0.5, 0.6) is 0 Å². The van der Waals surface area contributed by atoms with Gasteiger partial charge in [0.15, 0.2) is 0 Å². The van der Waals surface area contributed by atoms with Gasteiger partial charge in [-0.2, -0.15) is 0 Å². The summed E-state index contributed by atoms with van der Waals surface area (Å²) in [5.41, 5.74) is 5.55. The third kappa shape index (κ3) is 3.64. The quantitative estimate of drug-likeness (QED) is 0.312. The first kappa shape index (κ1) is 13.3. The van der Waals surface area contributed by atoms with Crippen molar-refractivity contribution in [1.82, 2.24) is 9.80 Å². The van der Waals surface area contributed by atoms with Crippen LogP contribution in [0.25, 0.3) is 0 Å². The molecule has 0 amide bonds. The molecule has 5 nitrogen and oxygen atoms in total. The van der Waals surface area contributed by atoms with E-state index in [4.69, 9.17) is 10.9 Å². The highest BCUT2D eigenvalue weighted by Crippen LogP contribution is 2.21. The minimum atomic E-state index is 0.322. The van der Waals surface area contributed by atoms with Gasteiger partial charge in [-0.3, -0.25) is 4.90 Å². The minimum absolute atomic E-state index is 0.322. The van der Waals surface area contributed by atoms with E-state index in [2.05, 4.69) is 36.0 Å². The fourth-order valence-electron chi connectivity index (χ4n) is 2.52. The van der Waals surface area contributed by atoms with Gasteiger partial charge < -0.3 is 15.8 Å². The first-order chi connectivity index (χ1) is 7.54. The van der Waals surface area contributed by atoms with Crippen LogP contribution in [-0.4, -0.2) is 60.1 Å². The van der Waals surface area contributed by atoms with Gasteiger partial charge in [0, 0.05) is 25.0 Å². The molecule has 0 aliphatic carbocycles. The Labute approximate surface area is 97.9 Å². The van der Waals surface area contributed by atoms with Crippen LogP contribution in [0.1, 0.15) is 26.2 Å². The van der Waals surface area contributed by atoms with Crippen molar-refractivity contribution < 1.29 is 5.21 Å². The van der Waals surface area contributed by atoms with Crippen LogP contribution >= 0.6 is 0 Å².